The van der Waals surface area contributed by atoms with Gasteiger partial charge in [-0.2, -0.15) is 0 Å². The molecule has 13 heteroatoms. The summed E-state index contributed by atoms with van der Waals surface area (Å²) in [5.41, 5.74) is 1.75. The molecule has 0 saturated carbocycles. The molecule has 2 amide bonds. The van der Waals surface area contributed by atoms with Gasteiger partial charge in [0.1, 0.15) is 4.21 Å². The van der Waals surface area contributed by atoms with Crippen LogP contribution < -0.4 is 26.6 Å². The molecule has 5 rings (SSSR count). The zero-order chi connectivity index (χ0) is 28.3. The number of thiophene rings is 1. The molecular weight excluding hydrogens is 574 g/mol. The third kappa shape index (κ3) is 6.09. The number of hydrogen-bond donors (Lipinski definition) is 4. The number of sulfonamides is 1. The molecule has 0 atom stereocenters. The molecule has 2 aromatic heterocycles. The standard InChI is InChI=1S/C27H22ClN5O5S2/c28-23-12-13-24(39-23)40(37,38)32-26(35)30-18-6-9-20(10-7-18)33-25(34)21-11-8-19(16-22(21)31-27(33)36)29-15-14-17-4-2-1-3-5-17/h1-13,16,29H,14-15H2,(H,31,36)(H2,30,32,35). The van der Waals surface area contributed by atoms with Crippen molar-refractivity contribution in [2.75, 3.05) is 17.2 Å². The monoisotopic (exact) mass is 595 g/mol. The maximum atomic E-state index is 13.2. The van der Waals surface area contributed by atoms with E-state index in [1.165, 1.54) is 42.0 Å². The van der Waals surface area contributed by atoms with Crippen molar-refractivity contribution in [3.63, 3.8) is 0 Å². The molecule has 0 fully saturated rings. The van der Waals surface area contributed by atoms with Crippen molar-refractivity contribution in [3.8, 4) is 5.69 Å². The highest BCUT2D eigenvalue weighted by Gasteiger charge is 2.20. The van der Waals surface area contributed by atoms with E-state index >= 15 is 0 Å². The summed E-state index contributed by atoms with van der Waals surface area (Å²) in [6.07, 6.45) is 0.822. The van der Waals surface area contributed by atoms with Gasteiger partial charge in [0, 0.05) is 17.9 Å². The quantitative estimate of drug-likeness (QED) is 0.207. The van der Waals surface area contributed by atoms with Crippen molar-refractivity contribution in [2.24, 2.45) is 0 Å². The van der Waals surface area contributed by atoms with Crippen LogP contribution in [-0.2, 0) is 16.4 Å². The molecule has 3 aromatic carbocycles. The number of H-pyrrole nitrogens is 1. The van der Waals surface area contributed by atoms with Gasteiger partial charge >= 0.3 is 11.7 Å². The van der Waals surface area contributed by atoms with Gasteiger partial charge in [0.2, 0.25) is 0 Å². The molecular formula is C27H22ClN5O5S2. The van der Waals surface area contributed by atoms with E-state index in [-0.39, 0.29) is 19.9 Å². The van der Waals surface area contributed by atoms with Gasteiger partial charge in [-0.1, -0.05) is 41.9 Å². The Morgan fingerprint density at radius 2 is 1.65 bits per heavy atom. The number of carbonyl (C=O) groups excluding carboxylic acids is 1. The fourth-order valence-corrected chi connectivity index (χ4v) is 6.41. The van der Waals surface area contributed by atoms with E-state index < -0.39 is 27.3 Å². The number of urea groups is 1. The normalized spacial score (nSPS) is 11.3. The number of carbonyl (C=O) groups is 1. The first-order valence-corrected chi connectivity index (χ1v) is 14.6. The molecule has 0 spiro atoms. The van der Waals surface area contributed by atoms with Crippen molar-refractivity contribution >= 4 is 61.3 Å². The first-order chi connectivity index (χ1) is 19.2. The molecule has 0 saturated heterocycles. The Hall–Kier alpha value is -4.39. The number of rotatable bonds is 8. The van der Waals surface area contributed by atoms with Gasteiger partial charge in [0.25, 0.3) is 15.6 Å². The van der Waals surface area contributed by atoms with E-state index in [2.05, 4.69) is 15.6 Å². The van der Waals surface area contributed by atoms with E-state index in [4.69, 9.17) is 11.6 Å². The van der Waals surface area contributed by atoms with Crippen LogP contribution in [0, 0.1) is 0 Å². The Labute approximate surface area is 237 Å². The highest BCUT2D eigenvalue weighted by molar-refractivity contribution is 7.92. The average Bonchev–Trinajstić information content (AvgIpc) is 3.37. The molecule has 2 heterocycles. The molecule has 0 aliphatic rings. The van der Waals surface area contributed by atoms with E-state index in [1.54, 1.807) is 18.2 Å². The Bertz CT molecular complexity index is 1920. The largest absolute Gasteiger partial charge is 0.385 e. The summed E-state index contributed by atoms with van der Waals surface area (Å²) in [7, 11) is -4.09. The summed E-state index contributed by atoms with van der Waals surface area (Å²) in [6, 6.07) is 22.7. The van der Waals surface area contributed by atoms with Crippen LogP contribution in [0.1, 0.15) is 5.56 Å². The van der Waals surface area contributed by atoms with Crippen molar-refractivity contribution < 1.29 is 13.2 Å². The van der Waals surface area contributed by atoms with Crippen LogP contribution in [-0.4, -0.2) is 30.5 Å². The number of aromatic amines is 1. The molecule has 5 aromatic rings. The number of benzene rings is 3. The third-order valence-electron chi connectivity index (χ3n) is 5.91. The van der Waals surface area contributed by atoms with Crippen LogP contribution in [0.15, 0.2) is 98.7 Å². The van der Waals surface area contributed by atoms with Gasteiger partial charge in [0.05, 0.1) is 20.9 Å². The molecule has 0 aliphatic heterocycles. The zero-order valence-electron chi connectivity index (χ0n) is 20.7. The summed E-state index contributed by atoms with van der Waals surface area (Å²) in [6.45, 7) is 0.684. The smallest absolute Gasteiger partial charge is 0.333 e. The topological polar surface area (TPSA) is 142 Å². The number of amides is 2. The first-order valence-electron chi connectivity index (χ1n) is 12.0. The number of hydrogen-bond acceptors (Lipinski definition) is 7. The van der Waals surface area contributed by atoms with Gasteiger partial charge in [-0.05, 0) is 66.6 Å². The van der Waals surface area contributed by atoms with Gasteiger partial charge in [0.15, 0.2) is 0 Å². The van der Waals surface area contributed by atoms with E-state index in [0.717, 1.165) is 28.0 Å². The highest BCUT2D eigenvalue weighted by Crippen LogP contribution is 2.25. The lowest BCUT2D eigenvalue weighted by molar-refractivity contribution is 0.256. The average molecular weight is 596 g/mol. The Balaban J connectivity index is 1.29. The minimum atomic E-state index is -4.09. The minimum Gasteiger partial charge on any atom is -0.385 e. The maximum absolute atomic E-state index is 13.2. The number of fused-ring (bicyclic) bond motifs is 1. The molecule has 204 valence electrons. The van der Waals surface area contributed by atoms with Crippen LogP contribution in [0.25, 0.3) is 16.6 Å². The van der Waals surface area contributed by atoms with Gasteiger partial charge in [-0.15, -0.1) is 11.3 Å². The Kier molecular flexibility index (Phi) is 7.74. The number of nitrogens with one attached hydrogen (secondary N) is 4. The molecule has 0 unspecified atom stereocenters. The maximum Gasteiger partial charge on any atom is 0.333 e. The lowest BCUT2D eigenvalue weighted by Gasteiger charge is -2.11. The molecule has 0 aliphatic carbocycles. The van der Waals surface area contributed by atoms with Crippen molar-refractivity contribution in [1.29, 1.82) is 0 Å². The van der Waals surface area contributed by atoms with Crippen LogP contribution in [0.5, 0.6) is 0 Å². The summed E-state index contributed by atoms with van der Waals surface area (Å²) in [5, 5.41) is 6.04. The Morgan fingerprint density at radius 3 is 2.35 bits per heavy atom. The van der Waals surface area contributed by atoms with E-state index in [1.807, 2.05) is 35.1 Å². The summed E-state index contributed by atoms with van der Waals surface area (Å²) >= 11 is 6.59. The minimum absolute atomic E-state index is 0.104. The third-order valence-corrected chi connectivity index (χ3v) is 8.96. The number of anilines is 2. The molecule has 40 heavy (non-hydrogen) atoms. The van der Waals surface area contributed by atoms with Crippen LogP contribution in [0.4, 0.5) is 16.2 Å². The number of halogens is 1. The Morgan fingerprint density at radius 1 is 0.925 bits per heavy atom. The van der Waals surface area contributed by atoms with E-state index in [9.17, 15) is 22.8 Å². The second kappa shape index (κ2) is 11.4. The van der Waals surface area contributed by atoms with Crippen molar-refractivity contribution in [1.82, 2.24) is 14.3 Å². The fourth-order valence-electron chi connectivity index (χ4n) is 4.02. The lowest BCUT2D eigenvalue weighted by Crippen LogP contribution is -2.34. The van der Waals surface area contributed by atoms with Crippen LogP contribution >= 0.6 is 22.9 Å². The molecule has 10 nitrogen and oxygen atoms in total. The number of aromatic nitrogens is 2. The van der Waals surface area contributed by atoms with Gasteiger partial charge in [-0.25, -0.2) is 27.3 Å². The zero-order valence-corrected chi connectivity index (χ0v) is 23.1. The van der Waals surface area contributed by atoms with Crippen molar-refractivity contribution in [3.05, 3.63) is 116 Å². The number of nitrogens with zero attached hydrogens (tertiary/aromatic N) is 1. The fraction of sp³-hybridized carbons (Fsp3) is 0.0741. The SMILES string of the molecule is O=C(Nc1ccc(-n2c(=O)[nH]c3cc(NCCc4ccccc4)ccc3c2=O)cc1)NS(=O)(=O)c1ccc(Cl)s1. The predicted octanol–water partition coefficient (Wildman–Crippen LogP) is 4.56. The van der Waals surface area contributed by atoms with Crippen LogP contribution in [0.2, 0.25) is 4.34 Å². The molecule has 0 bridgehead atoms. The highest BCUT2D eigenvalue weighted by atomic mass is 35.5. The molecule has 4 N–H and O–H groups in total. The summed E-state index contributed by atoms with van der Waals surface area (Å²) in [5.74, 6) is 0. The first kappa shape index (κ1) is 27.2. The van der Waals surface area contributed by atoms with Crippen molar-refractivity contribution in [2.45, 2.75) is 10.6 Å². The molecule has 0 radical (unpaired) electrons. The second-order valence-electron chi connectivity index (χ2n) is 8.66. The lowest BCUT2D eigenvalue weighted by atomic mass is 10.1. The summed E-state index contributed by atoms with van der Waals surface area (Å²) < 4.78 is 27.7. The van der Waals surface area contributed by atoms with Gasteiger partial charge < -0.3 is 15.6 Å². The van der Waals surface area contributed by atoms with E-state index in [0.29, 0.717) is 17.4 Å². The van der Waals surface area contributed by atoms with Crippen LogP contribution in [0.3, 0.4) is 0 Å². The summed E-state index contributed by atoms with van der Waals surface area (Å²) in [4.78, 5) is 41.0. The second-order valence-corrected chi connectivity index (χ2v) is 12.3. The predicted molar refractivity (Wildman–Crippen MR) is 157 cm³/mol. The van der Waals surface area contributed by atoms with Gasteiger partial charge in [-0.3, -0.25) is 4.79 Å².